The maximum absolute atomic E-state index is 13.0. The summed E-state index contributed by atoms with van der Waals surface area (Å²) in [7, 11) is 2.21. The largest absolute Gasteiger partial charge is 0.383 e. The average molecular weight is 1610 g/mol. The molecule has 1 aliphatic rings. The van der Waals surface area contributed by atoms with Gasteiger partial charge in [0, 0.05) is 78.4 Å². The van der Waals surface area contributed by atoms with Gasteiger partial charge in [0.05, 0.1) is 23.1 Å². The van der Waals surface area contributed by atoms with Crippen molar-refractivity contribution in [2.75, 3.05) is 74.6 Å². The maximum Gasteiger partial charge on any atom is 0.328 e. The molecule has 1 aliphatic heterocycles. The Kier molecular flexibility index (Phi) is 34.3. The summed E-state index contributed by atoms with van der Waals surface area (Å²) < 4.78 is 1.54. The number of benzene rings is 4. The zero-order valence-electron chi connectivity index (χ0n) is 75.4. The van der Waals surface area contributed by atoms with Crippen LogP contribution in [0.4, 0.5) is 29.2 Å². The van der Waals surface area contributed by atoms with Gasteiger partial charge in [-0.1, -0.05) is 189 Å². The highest BCUT2D eigenvalue weighted by Crippen LogP contribution is 2.34. The van der Waals surface area contributed by atoms with Crippen LogP contribution in [0.3, 0.4) is 0 Å². The van der Waals surface area contributed by atoms with Crippen molar-refractivity contribution in [2.24, 2.45) is 10.8 Å². The molecule has 4 aromatic carbocycles. The molecule has 1 amide bonds. The summed E-state index contributed by atoms with van der Waals surface area (Å²) in [4.78, 5) is 74.4. The number of hydrogen-bond acceptors (Lipinski definition) is 16. The minimum Gasteiger partial charge on any atom is -0.383 e. The number of rotatable bonds is 35. The number of pyridine rings is 3. The van der Waals surface area contributed by atoms with E-state index in [0.29, 0.717) is 57.5 Å². The highest BCUT2D eigenvalue weighted by molar-refractivity contribution is 6.08. The minimum absolute atomic E-state index is 0.0395. The number of carbonyl (C=O) groups is 1. The van der Waals surface area contributed by atoms with Gasteiger partial charge in [0.2, 0.25) is 5.95 Å². The van der Waals surface area contributed by atoms with Crippen LogP contribution in [0.15, 0.2) is 89.7 Å². The number of amides is 1. The molecule has 1 saturated heterocycles. The van der Waals surface area contributed by atoms with E-state index in [2.05, 4.69) is 233 Å². The molecule has 21 heteroatoms. The Bertz CT molecular complexity index is 5030. The number of anilines is 5. The summed E-state index contributed by atoms with van der Waals surface area (Å²) >= 11 is 0. The molecule has 1 fully saturated rings. The van der Waals surface area contributed by atoms with Crippen molar-refractivity contribution in [2.45, 2.75) is 308 Å². The number of nitrogens with zero attached hydrogens (tertiary/aromatic N) is 11. The zero-order valence-corrected chi connectivity index (χ0v) is 75.4. The molecule has 0 spiro atoms. The number of H-pyrrole nitrogens is 3. The van der Waals surface area contributed by atoms with Gasteiger partial charge < -0.3 is 53.0 Å². The summed E-state index contributed by atoms with van der Waals surface area (Å²) in [6.07, 6.45) is 33.3. The van der Waals surface area contributed by atoms with E-state index in [1.807, 2.05) is 29.2 Å². The molecule has 0 aliphatic carbocycles. The number of aromatic amines is 3. The fourth-order valence-corrected chi connectivity index (χ4v) is 15.6. The van der Waals surface area contributed by atoms with Gasteiger partial charge in [0.15, 0.2) is 11.5 Å². The smallest absolute Gasteiger partial charge is 0.328 e. The molecule has 0 radical (unpaired) electrons. The number of nitrogen functional groups attached to an aromatic ring is 4. The Morgan fingerprint density at radius 2 is 0.983 bits per heavy atom. The molecule has 0 atom stereocenters. The van der Waals surface area contributed by atoms with Crippen LogP contribution >= 0.6 is 0 Å². The Hall–Kier alpha value is -9.21. The molecule has 7 aromatic heterocycles. The fraction of sp³-hybridized carbons (Fsp3) is 0.577. The predicted octanol–water partition coefficient (Wildman–Crippen LogP) is 21.7. The molecule has 0 bridgehead atoms. The van der Waals surface area contributed by atoms with E-state index in [0.717, 1.165) is 178 Å². The summed E-state index contributed by atoms with van der Waals surface area (Å²) in [5, 5.41) is 6.76. The monoisotopic (exact) mass is 1610 g/mol. The van der Waals surface area contributed by atoms with E-state index in [1.54, 1.807) is 4.57 Å². The van der Waals surface area contributed by atoms with E-state index in [9.17, 15) is 9.59 Å². The standard InChI is InChI=1S/C25H36N8O2.C24H37N5.C24H36N4.C24H38N2/c1-5-6-11-27-23-29-20(26)19-21(30-23)33(24(35)28-19)16-17-7-9-18(10-8-17)22(34)31-12-14-32(15-13-31)25(2,3)4;1-6-7-12-20-27-21-18-16-17(11-9-8-10-15-29(5)24(2,3)4)13-14-19(18)26-23(25)22(21)28-20;1-5-6-15-19-27-21-20-17(12-9-7-8-10-16-24(2,3)4)13-11-14-18(20)26-23(25)22(21)28-19;1-5-6-9-14-20-18-21-19(15-12-16-22(21)26-23(20)25)13-10-7-8-11-17-24(2,3)4/h7-10H,5-6,11-16H2,1-4H3,(H,28,35)(H3,26,27,29,30);13-14,16H,6-12,15H2,1-5H3,(H2,25,26)(H,27,28);11,13-14H,5-10,12,15-16H2,1-4H3,(H2,25,26)(H,27,28);12,15-16,18H,5-11,13-14,17H2,1-4H3,(H2,25,26). The minimum atomic E-state index is -0.302. The fourth-order valence-electron chi connectivity index (χ4n) is 15.6. The number of fused-ring (bicyclic) bond motifs is 8. The lowest BCUT2D eigenvalue weighted by atomic mass is 9.89. The first kappa shape index (κ1) is 92.7. The van der Waals surface area contributed by atoms with Gasteiger partial charge in [-0.2, -0.15) is 9.97 Å². The van der Waals surface area contributed by atoms with Crippen molar-refractivity contribution in [3.8, 4) is 0 Å². The average Bonchev–Trinajstić information content (AvgIpc) is 1.57. The van der Waals surface area contributed by atoms with Crippen molar-refractivity contribution in [3.05, 3.63) is 140 Å². The van der Waals surface area contributed by atoms with Crippen molar-refractivity contribution >= 4 is 101 Å². The van der Waals surface area contributed by atoms with Gasteiger partial charge in [0.1, 0.15) is 56.7 Å². The third-order valence-corrected chi connectivity index (χ3v) is 23.2. The zero-order chi connectivity index (χ0) is 85.3. The Morgan fingerprint density at radius 1 is 0.466 bits per heavy atom. The van der Waals surface area contributed by atoms with Crippen LogP contribution in [0, 0.1) is 10.8 Å². The third-order valence-electron chi connectivity index (χ3n) is 23.2. The summed E-state index contributed by atoms with van der Waals surface area (Å²) in [6.45, 7) is 41.5. The Morgan fingerprint density at radius 3 is 1.59 bits per heavy atom. The van der Waals surface area contributed by atoms with Gasteiger partial charge in [-0.3, -0.25) is 14.3 Å². The van der Waals surface area contributed by atoms with E-state index in [-0.39, 0.29) is 28.5 Å². The van der Waals surface area contributed by atoms with Crippen molar-refractivity contribution in [1.29, 1.82) is 0 Å². The highest BCUT2D eigenvalue weighted by Gasteiger charge is 2.29. The van der Waals surface area contributed by atoms with E-state index in [1.165, 1.54) is 136 Å². The molecule has 0 unspecified atom stereocenters. The molecule has 12 rings (SSSR count). The number of aryl methyl sites for hydroxylation is 6. The number of unbranched alkanes of at least 4 members (excludes halogenated alkanes) is 13. The summed E-state index contributed by atoms with van der Waals surface area (Å²) in [6, 6.07) is 29.1. The number of imidazole rings is 3. The number of nitrogens with two attached hydrogens (primary N) is 4. The molecular formula is C97H147N19O2. The first-order chi connectivity index (χ1) is 56.3. The molecule has 118 heavy (non-hydrogen) atoms. The van der Waals surface area contributed by atoms with Crippen LogP contribution < -0.4 is 33.9 Å². The van der Waals surface area contributed by atoms with Gasteiger partial charge >= 0.3 is 5.69 Å². The maximum atomic E-state index is 13.0. The van der Waals surface area contributed by atoms with E-state index in [4.69, 9.17) is 32.9 Å². The van der Waals surface area contributed by atoms with Crippen molar-refractivity contribution in [3.63, 3.8) is 0 Å². The van der Waals surface area contributed by atoms with E-state index >= 15 is 0 Å². The number of piperazine rings is 1. The third kappa shape index (κ3) is 27.2. The van der Waals surface area contributed by atoms with Gasteiger partial charge in [0.25, 0.3) is 5.91 Å². The lowest BCUT2D eigenvalue weighted by Crippen LogP contribution is -2.54. The molecular weight excluding hydrogens is 1460 g/mol. The first-order valence-corrected chi connectivity index (χ1v) is 44.9. The summed E-state index contributed by atoms with van der Waals surface area (Å²) in [5.41, 5.74) is 40.1. The van der Waals surface area contributed by atoms with Crippen LogP contribution in [-0.4, -0.2) is 132 Å². The second kappa shape index (κ2) is 43.7. The normalized spacial score (nSPS) is 13.1. The Balaban J connectivity index is 0.000000181. The number of hydrogen-bond donors (Lipinski definition) is 8. The van der Waals surface area contributed by atoms with Crippen molar-refractivity contribution < 1.29 is 4.79 Å². The number of aromatic nitrogens is 11. The molecule has 21 nitrogen and oxygen atoms in total. The quantitative estimate of drug-likeness (QED) is 0.0171. The van der Waals surface area contributed by atoms with Crippen LogP contribution in [0.25, 0.3) is 65.9 Å². The SMILES string of the molecule is CCCCCc1cc2c(CCCCCCC(C)(C)C)cccc2nc1N.CCCCNc1nc(N)c2[nH]c(=O)n(Cc3ccc(C(=O)N4CCN(C(C)(C)C)CC4)cc3)c2n1.CCCCc1nc2c([nH]1)c(N)nc1ccc(CCCCCN(C)C(C)(C)C)cc12.CCCCc1nc2c([nH]1)c(N)nc1cccc(CCCCCCC(C)(C)C)c12. The number of nitrogens with one attached hydrogen (secondary N) is 4. The molecule has 642 valence electrons. The lowest BCUT2D eigenvalue weighted by molar-refractivity contribution is 0.0451. The molecule has 0 saturated carbocycles. The Labute approximate surface area is 705 Å². The summed E-state index contributed by atoms with van der Waals surface area (Å²) in [5.74, 6) is 4.52. The van der Waals surface area contributed by atoms with E-state index < -0.39 is 0 Å². The van der Waals surface area contributed by atoms with Gasteiger partial charge in [-0.05, 0) is 226 Å². The van der Waals surface area contributed by atoms with Crippen molar-refractivity contribution in [1.82, 2.24) is 69.1 Å². The van der Waals surface area contributed by atoms with Crippen LogP contribution in [0.2, 0.25) is 0 Å². The lowest BCUT2D eigenvalue weighted by Gasteiger charge is -2.42. The second-order valence-electron chi connectivity index (χ2n) is 37.6. The van der Waals surface area contributed by atoms with Gasteiger partial charge in [-0.15, -0.1) is 0 Å². The second-order valence-corrected chi connectivity index (χ2v) is 37.6. The van der Waals surface area contributed by atoms with Gasteiger partial charge in [-0.25, -0.2) is 29.7 Å². The molecule has 12 N–H and O–H groups in total. The van der Waals surface area contributed by atoms with Crippen LogP contribution in [-0.2, 0) is 45.1 Å². The molecule has 8 heterocycles. The highest BCUT2D eigenvalue weighted by atomic mass is 16.2. The molecule has 11 aromatic rings. The number of carbonyl (C=O) groups excluding carboxylic acids is 1. The predicted molar refractivity (Wildman–Crippen MR) is 499 cm³/mol. The first-order valence-electron chi connectivity index (χ1n) is 44.9. The van der Waals surface area contributed by atoms with Crippen LogP contribution in [0.5, 0.6) is 0 Å². The topological polar surface area (TPSA) is 302 Å². The van der Waals surface area contributed by atoms with Crippen LogP contribution in [0.1, 0.15) is 302 Å².